The van der Waals surface area contributed by atoms with Crippen LogP contribution in [0.5, 0.6) is 5.75 Å². The monoisotopic (exact) mass is 626 g/mol. The van der Waals surface area contributed by atoms with Gasteiger partial charge in [-0.25, -0.2) is 4.79 Å². The highest BCUT2D eigenvalue weighted by Gasteiger charge is 2.27. The number of hydrogen-bond donors (Lipinski definition) is 2. The molecular weight excluding hydrogens is 580 g/mol. The summed E-state index contributed by atoms with van der Waals surface area (Å²) in [6, 6.07) is 20.4. The van der Waals surface area contributed by atoms with Crippen molar-refractivity contribution in [3.63, 3.8) is 0 Å². The molecule has 0 fully saturated rings. The Morgan fingerprint density at radius 3 is 2.54 bits per heavy atom. The standard InChI is InChI=1S/C33H35N3O5.C4H11N/c1-35-28-21-40-18-6-5-17-36-31-24(13-8-14-26(31)30(28)27(34-35)20-39-2)25(32(36)33(37)38)15-9-19-41-29-16-7-11-22-10-3-4-12-23(22)29;1-3-5-4-2/h3-4,7-8,10-14,16H,5-6,9,15,17-21H2,1-2H3,(H,37,38);5H,3-4H2,1-2H3. The molecule has 2 N–H and O–H groups in total. The summed E-state index contributed by atoms with van der Waals surface area (Å²) in [6.07, 6.45) is 2.94. The molecule has 0 amide bonds. The molecule has 3 heterocycles. The number of aromatic carboxylic acids is 1. The van der Waals surface area contributed by atoms with Crippen LogP contribution in [0.4, 0.5) is 0 Å². The van der Waals surface area contributed by atoms with Crippen molar-refractivity contribution in [3.8, 4) is 16.9 Å². The number of para-hydroxylation sites is 1. The highest BCUT2D eigenvalue weighted by molar-refractivity contribution is 6.04. The van der Waals surface area contributed by atoms with Crippen LogP contribution in [0.3, 0.4) is 0 Å². The second-order valence-electron chi connectivity index (χ2n) is 11.5. The minimum Gasteiger partial charge on any atom is -0.493 e. The maximum atomic E-state index is 12.8. The Labute approximate surface area is 271 Å². The molecule has 1 aliphatic rings. The van der Waals surface area contributed by atoms with Crippen molar-refractivity contribution in [2.75, 3.05) is 33.4 Å². The van der Waals surface area contributed by atoms with Crippen molar-refractivity contribution in [3.05, 3.63) is 83.3 Å². The summed E-state index contributed by atoms with van der Waals surface area (Å²) in [5, 5.41) is 21.6. The molecule has 0 spiro atoms. The number of carboxylic acids is 1. The number of methoxy groups -OCH3 is 1. The first kappa shape index (κ1) is 33.2. The van der Waals surface area contributed by atoms with E-state index >= 15 is 0 Å². The van der Waals surface area contributed by atoms with Crippen LogP contribution in [0.1, 0.15) is 60.5 Å². The number of carbonyl (C=O) groups is 1. The van der Waals surface area contributed by atoms with Gasteiger partial charge in [-0.2, -0.15) is 5.10 Å². The molecule has 46 heavy (non-hydrogen) atoms. The van der Waals surface area contributed by atoms with Gasteiger partial charge in [0, 0.05) is 49.2 Å². The molecule has 244 valence electrons. The zero-order valence-corrected chi connectivity index (χ0v) is 27.5. The lowest BCUT2D eigenvalue weighted by Crippen LogP contribution is -2.12. The van der Waals surface area contributed by atoms with Crippen LogP contribution in [-0.2, 0) is 42.7 Å². The first-order chi connectivity index (χ1) is 22.5. The Morgan fingerprint density at radius 2 is 1.78 bits per heavy atom. The lowest BCUT2D eigenvalue weighted by atomic mass is 9.98. The Bertz CT molecular complexity index is 1770. The number of rotatable bonds is 10. The number of aromatic nitrogens is 3. The van der Waals surface area contributed by atoms with Gasteiger partial charge in [-0.15, -0.1) is 0 Å². The normalized spacial score (nSPS) is 13.1. The van der Waals surface area contributed by atoms with Gasteiger partial charge in [0.1, 0.15) is 11.4 Å². The highest BCUT2D eigenvalue weighted by atomic mass is 16.5. The molecule has 9 nitrogen and oxygen atoms in total. The summed E-state index contributed by atoms with van der Waals surface area (Å²) in [4.78, 5) is 12.8. The van der Waals surface area contributed by atoms with Gasteiger partial charge in [0.25, 0.3) is 0 Å². The average molecular weight is 627 g/mol. The minimum atomic E-state index is -0.910. The number of ether oxygens (including phenoxy) is 3. The molecule has 6 rings (SSSR count). The van der Waals surface area contributed by atoms with E-state index < -0.39 is 5.97 Å². The summed E-state index contributed by atoms with van der Waals surface area (Å²) in [6.45, 7) is 8.86. The average Bonchev–Trinajstić information content (AvgIpc) is 3.53. The fourth-order valence-electron chi connectivity index (χ4n) is 6.38. The maximum Gasteiger partial charge on any atom is 0.352 e. The van der Waals surface area contributed by atoms with E-state index in [1.165, 1.54) is 0 Å². The summed E-state index contributed by atoms with van der Waals surface area (Å²) >= 11 is 0. The van der Waals surface area contributed by atoms with Crippen LogP contribution in [0.25, 0.3) is 32.8 Å². The molecule has 0 aliphatic carbocycles. The Morgan fingerprint density at radius 1 is 1.02 bits per heavy atom. The highest BCUT2D eigenvalue weighted by Crippen LogP contribution is 2.39. The third kappa shape index (κ3) is 7.12. The van der Waals surface area contributed by atoms with Gasteiger partial charge in [-0.3, -0.25) is 4.68 Å². The van der Waals surface area contributed by atoms with Gasteiger partial charge in [0.2, 0.25) is 0 Å². The summed E-state index contributed by atoms with van der Waals surface area (Å²) in [5.74, 6) is -0.0653. The Hall–Kier alpha value is -4.18. The van der Waals surface area contributed by atoms with Gasteiger partial charge in [-0.1, -0.05) is 68.4 Å². The number of carboxylic acid groups (broad SMARTS) is 1. The predicted molar refractivity (Wildman–Crippen MR) is 183 cm³/mol. The van der Waals surface area contributed by atoms with Crippen molar-refractivity contribution in [2.24, 2.45) is 7.05 Å². The van der Waals surface area contributed by atoms with Crippen molar-refractivity contribution < 1.29 is 24.1 Å². The number of aryl methyl sites for hydroxylation is 3. The first-order valence-corrected chi connectivity index (χ1v) is 16.3. The lowest BCUT2D eigenvalue weighted by Gasteiger charge is -2.12. The van der Waals surface area contributed by atoms with E-state index in [-0.39, 0.29) is 0 Å². The van der Waals surface area contributed by atoms with Gasteiger partial charge in [0.05, 0.1) is 36.7 Å². The van der Waals surface area contributed by atoms with E-state index in [1.807, 2.05) is 52.7 Å². The number of benzene rings is 3. The van der Waals surface area contributed by atoms with Crippen molar-refractivity contribution in [1.29, 1.82) is 0 Å². The van der Waals surface area contributed by atoms with Crippen LogP contribution < -0.4 is 10.1 Å². The number of nitrogens with one attached hydrogen (secondary N) is 1. The zero-order chi connectivity index (χ0) is 32.5. The smallest absolute Gasteiger partial charge is 0.352 e. The molecule has 0 bridgehead atoms. The molecule has 0 saturated carbocycles. The molecule has 3 aromatic carbocycles. The maximum absolute atomic E-state index is 12.8. The quantitative estimate of drug-likeness (QED) is 0.161. The topological polar surface area (TPSA) is 99.8 Å². The van der Waals surface area contributed by atoms with Gasteiger partial charge < -0.3 is 29.2 Å². The minimum absolute atomic E-state index is 0.352. The van der Waals surface area contributed by atoms with Gasteiger partial charge in [-0.05, 0) is 55.8 Å². The van der Waals surface area contributed by atoms with Crippen molar-refractivity contribution in [1.82, 2.24) is 19.7 Å². The van der Waals surface area contributed by atoms with E-state index in [2.05, 4.69) is 43.4 Å². The molecular formula is C37H46N4O5. The van der Waals surface area contributed by atoms with Crippen molar-refractivity contribution in [2.45, 2.75) is 59.3 Å². The molecule has 0 atom stereocenters. The van der Waals surface area contributed by atoms with Crippen LogP contribution in [0, 0.1) is 0 Å². The lowest BCUT2D eigenvalue weighted by molar-refractivity contribution is 0.0683. The molecule has 9 heteroatoms. The molecule has 1 aliphatic heterocycles. The molecule has 0 unspecified atom stereocenters. The van der Waals surface area contributed by atoms with E-state index in [1.54, 1.807) is 7.11 Å². The van der Waals surface area contributed by atoms with E-state index in [0.29, 0.717) is 51.5 Å². The second kappa shape index (κ2) is 15.9. The molecule has 0 radical (unpaired) electrons. The first-order valence-electron chi connectivity index (χ1n) is 16.3. The largest absolute Gasteiger partial charge is 0.493 e. The summed E-state index contributed by atoms with van der Waals surface area (Å²) in [5.41, 5.74) is 5.84. The van der Waals surface area contributed by atoms with Gasteiger partial charge in [0.15, 0.2) is 0 Å². The Balaban J connectivity index is 0.000000775. The fraction of sp³-hybridized carbons (Fsp3) is 0.405. The molecule has 2 aromatic heterocycles. The number of nitrogens with zero attached hydrogens (tertiary/aromatic N) is 3. The molecule has 0 saturated heterocycles. The summed E-state index contributed by atoms with van der Waals surface area (Å²) < 4.78 is 21.6. The van der Waals surface area contributed by atoms with E-state index in [4.69, 9.17) is 19.3 Å². The van der Waals surface area contributed by atoms with Crippen LogP contribution in [0.2, 0.25) is 0 Å². The second-order valence-corrected chi connectivity index (χ2v) is 11.5. The third-order valence-corrected chi connectivity index (χ3v) is 8.42. The molecule has 5 aromatic rings. The number of hydrogen-bond acceptors (Lipinski definition) is 6. The van der Waals surface area contributed by atoms with Crippen LogP contribution in [0.15, 0.2) is 60.7 Å². The predicted octanol–water partition coefficient (Wildman–Crippen LogP) is 6.98. The zero-order valence-electron chi connectivity index (χ0n) is 27.5. The Kier molecular flexibility index (Phi) is 11.5. The SMILES string of the molecule is CCNCC.COCc1nn(C)c2c1-c1cccc3c(CCCOc4cccc5ccccc45)c(C(=O)O)n(c13)CCCCOC2. The van der Waals surface area contributed by atoms with Crippen molar-refractivity contribution >= 4 is 27.6 Å². The summed E-state index contributed by atoms with van der Waals surface area (Å²) in [7, 11) is 3.58. The third-order valence-electron chi connectivity index (χ3n) is 8.42. The number of fused-ring (bicyclic) bond motifs is 3. The van der Waals surface area contributed by atoms with Crippen LogP contribution in [-0.4, -0.2) is 58.8 Å². The van der Waals surface area contributed by atoms with E-state index in [0.717, 1.165) is 81.4 Å². The van der Waals surface area contributed by atoms with Gasteiger partial charge >= 0.3 is 5.97 Å². The fourth-order valence-corrected chi connectivity index (χ4v) is 6.38. The van der Waals surface area contributed by atoms with E-state index in [9.17, 15) is 9.90 Å². The van der Waals surface area contributed by atoms with Crippen LogP contribution >= 0.6 is 0 Å².